The number of rotatable bonds is 5. The summed E-state index contributed by atoms with van der Waals surface area (Å²) in [6, 6.07) is 15.8. The number of nitrogens with one attached hydrogen (secondary N) is 1. The van der Waals surface area contributed by atoms with E-state index in [1.165, 1.54) is 24.6 Å². The van der Waals surface area contributed by atoms with Gasteiger partial charge in [0.05, 0.1) is 36.2 Å². The highest BCUT2D eigenvalue weighted by atomic mass is 35.5. The Bertz CT molecular complexity index is 1660. The van der Waals surface area contributed by atoms with Crippen LogP contribution in [0.4, 0.5) is 5.13 Å². The number of aromatic nitrogens is 4. The first kappa shape index (κ1) is 23.6. The van der Waals surface area contributed by atoms with Gasteiger partial charge in [-0.25, -0.2) is 15.0 Å². The standard InChI is InChI=1S/C25H14Cl2N6O2S/c1-35-20-7-6-15(26)8-17(20)16-9-21(27)29-11-18(16)23(34)33-25-32-22-24(36-25)31-19(12-30-22)14-4-2-13(10-28)3-5-14/h2-9,11-12H,1H3,(H,30,32,33,34). The summed E-state index contributed by atoms with van der Waals surface area (Å²) < 4.78 is 5.45. The Balaban J connectivity index is 1.47. The Morgan fingerprint density at radius 2 is 1.83 bits per heavy atom. The highest BCUT2D eigenvalue weighted by Gasteiger charge is 2.20. The maximum absolute atomic E-state index is 13.3. The van der Waals surface area contributed by atoms with Crippen LogP contribution in [0.5, 0.6) is 5.75 Å². The number of benzene rings is 2. The highest BCUT2D eigenvalue weighted by molar-refractivity contribution is 7.21. The van der Waals surface area contributed by atoms with Crippen LogP contribution in [0.15, 0.2) is 60.9 Å². The summed E-state index contributed by atoms with van der Waals surface area (Å²) in [6.45, 7) is 0. The summed E-state index contributed by atoms with van der Waals surface area (Å²) in [5.74, 6) is 0.0852. The summed E-state index contributed by atoms with van der Waals surface area (Å²) >= 11 is 13.5. The fourth-order valence-corrected chi connectivity index (χ4v) is 4.64. The van der Waals surface area contributed by atoms with Crippen LogP contribution in [-0.2, 0) is 0 Å². The number of thiazole rings is 1. The number of fused-ring (bicyclic) bond motifs is 1. The summed E-state index contributed by atoms with van der Waals surface area (Å²) in [6.07, 6.45) is 2.99. The Morgan fingerprint density at radius 3 is 2.58 bits per heavy atom. The number of hydrogen-bond acceptors (Lipinski definition) is 8. The molecule has 11 heteroatoms. The molecule has 0 unspecified atom stereocenters. The lowest BCUT2D eigenvalue weighted by Gasteiger charge is -2.13. The van der Waals surface area contributed by atoms with Gasteiger partial charge < -0.3 is 4.74 Å². The third kappa shape index (κ3) is 4.70. The zero-order chi connectivity index (χ0) is 25.2. The molecule has 1 amide bonds. The summed E-state index contributed by atoms with van der Waals surface area (Å²) in [7, 11) is 1.53. The van der Waals surface area contributed by atoms with Crippen molar-refractivity contribution in [2.75, 3.05) is 12.4 Å². The fourth-order valence-electron chi connectivity index (χ4n) is 3.52. The second kappa shape index (κ2) is 9.87. The normalized spacial score (nSPS) is 10.7. The van der Waals surface area contributed by atoms with Crippen LogP contribution in [0.1, 0.15) is 15.9 Å². The van der Waals surface area contributed by atoms with Crippen molar-refractivity contribution < 1.29 is 9.53 Å². The van der Waals surface area contributed by atoms with E-state index in [9.17, 15) is 4.79 Å². The topological polar surface area (TPSA) is 114 Å². The molecule has 0 aliphatic heterocycles. The lowest BCUT2D eigenvalue weighted by molar-refractivity contribution is 0.102. The molecule has 0 spiro atoms. The molecule has 36 heavy (non-hydrogen) atoms. The van der Waals surface area contributed by atoms with Crippen LogP contribution in [-0.4, -0.2) is 33.0 Å². The number of halogens is 2. The van der Waals surface area contributed by atoms with Gasteiger partial charge in [-0.1, -0.05) is 46.7 Å². The number of carbonyl (C=O) groups excluding carboxylic acids is 1. The van der Waals surface area contributed by atoms with Crippen molar-refractivity contribution in [3.05, 3.63) is 82.2 Å². The van der Waals surface area contributed by atoms with Crippen LogP contribution >= 0.6 is 34.5 Å². The molecule has 3 aromatic heterocycles. The monoisotopic (exact) mass is 532 g/mol. The Hall–Kier alpha value is -4.10. The molecule has 0 fully saturated rings. The first-order chi connectivity index (χ1) is 17.4. The zero-order valence-corrected chi connectivity index (χ0v) is 20.8. The minimum absolute atomic E-state index is 0.215. The summed E-state index contributed by atoms with van der Waals surface area (Å²) in [5, 5.41) is 12.8. The van der Waals surface area contributed by atoms with E-state index in [0.29, 0.717) is 48.8 Å². The van der Waals surface area contributed by atoms with Crippen molar-refractivity contribution in [2.45, 2.75) is 0 Å². The van der Waals surface area contributed by atoms with Crippen molar-refractivity contribution in [3.8, 4) is 34.2 Å². The number of carbonyl (C=O) groups is 1. The molecule has 176 valence electrons. The Kier molecular flexibility index (Phi) is 6.48. The maximum atomic E-state index is 13.3. The number of amides is 1. The molecular weight excluding hydrogens is 519 g/mol. The van der Waals surface area contributed by atoms with Crippen LogP contribution in [0.2, 0.25) is 10.2 Å². The van der Waals surface area contributed by atoms with Crippen molar-refractivity contribution in [1.29, 1.82) is 5.26 Å². The lowest BCUT2D eigenvalue weighted by Crippen LogP contribution is -2.13. The predicted molar refractivity (Wildman–Crippen MR) is 140 cm³/mol. The largest absolute Gasteiger partial charge is 0.496 e. The zero-order valence-electron chi connectivity index (χ0n) is 18.5. The lowest BCUT2D eigenvalue weighted by atomic mass is 10.0. The molecule has 0 bridgehead atoms. The molecule has 0 radical (unpaired) electrons. The number of methoxy groups -OCH3 is 1. The third-order valence-corrected chi connectivity index (χ3v) is 6.52. The quantitative estimate of drug-likeness (QED) is 0.266. The van der Waals surface area contributed by atoms with E-state index < -0.39 is 5.91 Å². The van der Waals surface area contributed by atoms with Gasteiger partial charge >= 0.3 is 0 Å². The molecule has 0 saturated carbocycles. The summed E-state index contributed by atoms with van der Waals surface area (Å²) in [4.78, 5) is 31.3. The van der Waals surface area contributed by atoms with E-state index in [1.807, 2.05) is 0 Å². The van der Waals surface area contributed by atoms with Crippen LogP contribution in [0.25, 0.3) is 32.9 Å². The SMILES string of the molecule is COc1ccc(Cl)cc1-c1cc(Cl)ncc1C(=O)Nc1nc2ncc(-c3ccc(C#N)cc3)nc2s1. The molecule has 3 heterocycles. The van der Waals surface area contributed by atoms with Gasteiger partial charge in [-0.3, -0.25) is 10.1 Å². The molecule has 2 aromatic carbocycles. The highest BCUT2D eigenvalue weighted by Crippen LogP contribution is 2.36. The van der Waals surface area contributed by atoms with Crippen molar-refractivity contribution in [2.24, 2.45) is 0 Å². The smallest absolute Gasteiger partial charge is 0.259 e. The average Bonchev–Trinajstić information content (AvgIpc) is 3.30. The van der Waals surface area contributed by atoms with E-state index in [-0.39, 0.29) is 10.7 Å². The molecule has 5 rings (SSSR count). The van der Waals surface area contributed by atoms with Gasteiger partial charge in [-0.05, 0) is 36.4 Å². The number of nitrogens with zero attached hydrogens (tertiary/aromatic N) is 5. The van der Waals surface area contributed by atoms with Gasteiger partial charge in [0.2, 0.25) is 0 Å². The van der Waals surface area contributed by atoms with Crippen LogP contribution in [0.3, 0.4) is 0 Å². The van der Waals surface area contributed by atoms with Gasteiger partial charge in [0.1, 0.15) is 10.9 Å². The maximum Gasteiger partial charge on any atom is 0.259 e. The Labute approximate surface area is 219 Å². The first-order valence-corrected chi connectivity index (χ1v) is 12.0. The molecule has 0 aliphatic rings. The van der Waals surface area contributed by atoms with Crippen LogP contribution in [0, 0.1) is 11.3 Å². The van der Waals surface area contributed by atoms with E-state index in [1.54, 1.807) is 54.7 Å². The number of ether oxygens (including phenoxy) is 1. The minimum Gasteiger partial charge on any atom is -0.496 e. The number of nitriles is 1. The van der Waals surface area contributed by atoms with Crippen molar-refractivity contribution >= 4 is 56.1 Å². The van der Waals surface area contributed by atoms with Crippen molar-refractivity contribution in [1.82, 2.24) is 19.9 Å². The van der Waals surface area contributed by atoms with E-state index in [4.69, 9.17) is 33.2 Å². The molecule has 8 nitrogen and oxygen atoms in total. The molecule has 0 saturated heterocycles. The van der Waals surface area contributed by atoms with Gasteiger partial charge in [-0.15, -0.1) is 0 Å². The molecule has 1 N–H and O–H groups in total. The number of pyridine rings is 1. The second-order valence-electron chi connectivity index (χ2n) is 7.44. The number of hydrogen-bond donors (Lipinski definition) is 1. The van der Waals surface area contributed by atoms with Gasteiger partial charge in [0.15, 0.2) is 15.6 Å². The average molecular weight is 533 g/mol. The van der Waals surface area contributed by atoms with E-state index in [2.05, 4.69) is 31.3 Å². The van der Waals surface area contributed by atoms with E-state index >= 15 is 0 Å². The predicted octanol–water partition coefficient (Wildman–Crippen LogP) is 6.25. The summed E-state index contributed by atoms with van der Waals surface area (Å²) in [5.41, 5.74) is 3.77. The second-order valence-corrected chi connectivity index (χ2v) is 9.24. The molecule has 0 atom stereocenters. The first-order valence-electron chi connectivity index (χ1n) is 10.4. The van der Waals surface area contributed by atoms with Crippen molar-refractivity contribution in [3.63, 3.8) is 0 Å². The number of anilines is 1. The van der Waals surface area contributed by atoms with Gasteiger partial charge in [0, 0.05) is 27.9 Å². The molecular formula is C25H14Cl2N6O2S. The molecule has 5 aromatic rings. The molecule has 0 aliphatic carbocycles. The third-order valence-electron chi connectivity index (χ3n) is 5.22. The minimum atomic E-state index is -0.442. The Morgan fingerprint density at radius 1 is 1.03 bits per heavy atom. The van der Waals surface area contributed by atoms with Gasteiger partial charge in [-0.2, -0.15) is 10.2 Å². The van der Waals surface area contributed by atoms with Crippen LogP contribution < -0.4 is 10.1 Å². The van der Waals surface area contributed by atoms with Gasteiger partial charge in [0.25, 0.3) is 5.91 Å². The van der Waals surface area contributed by atoms with E-state index in [0.717, 1.165) is 5.56 Å². The fraction of sp³-hybridized carbons (Fsp3) is 0.0400.